The molecular formula is C10H6BrNS. The van der Waals surface area contributed by atoms with Crippen LogP contribution in [0.3, 0.4) is 0 Å². The van der Waals surface area contributed by atoms with Gasteiger partial charge in [0.05, 0.1) is 10.2 Å². The molecule has 0 bridgehead atoms. The summed E-state index contributed by atoms with van der Waals surface area (Å²) >= 11 is 5.24. The predicted octanol–water partition coefficient (Wildman–Crippen LogP) is 4.15. The number of hydrogen-bond donors (Lipinski definition) is 1. The van der Waals surface area contributed by atoms with Crippen molar-refractivity contribution in [3.8, 4) is 0 Å². The van der Waals surface area contributed by atoms with Crippen molar-refractivity contribution in [1.82, 2.24) is 4.98 Å². The number of halogens is 1. The largest absolute Gasteiger partial charge is 0.354 e. The molecule has 0 aliphatic heterocycles. The Bertz CT molecular complexity index is 579. The number of nitrogens with one attached hydrogen (secondary N) is 1. The molecule has 2 heterocycles. The smallest absolute Gasteiger partial charge is 0.0598 e. The molecule has 0 fully saturated rings. The number of hydrogen-bond acceptors (Lipinski definition) is 1. The third-order valence-electron chi connectivity index (χ3n) is 2.16. The Hall–Kier alpha value is -0.800. The average Bonchev–Trinajstić information content (AvgIpc) is 2.62. The van der Waals surface area contributed by atoms with E-state index >= 15 is 0 Å². The number of aromatic nitrogens is 1. The van der Waals surface area contributed by atoms with Crippen molar-refractivity contribution < 1.29 is 0 Å². The Morgan fingerprint density at radius 3 is 3.00 bits per heavy atom. The molecule has 0 aliphatic rings. The number of benzene rings is 1. The van der Waals surface area contributed by atoms with Gasteiger partial charge in [-0.05, 0) is 23.6 Å². The van der Waals surface area contributed by atoms with Crippen LogP contribution in [-0.2, 0) is 0 Å². The molecule has 1 nitrogen and oxygen atoms in total. The first-order valence-corrected chi connectivity index (χ1v) is 5.66. The molecule has 13 heavy (non-hydrogen) atoms. The van der Waals surface area contributed by atoms with Crippen LogP contribution < -0.4 is 0 Å². The summed E-state index contributed by atoms with van der Waals surface area (Å²) in [4.78, 5) is 3.38. The first kappa shape index (κ1) is 7.59. The van der Waals surface area contributed by atoms with E-state index in [4.69, 9.17) is 0 Å². The molecule has 0 amide bonds. The quantitative estimate of drug-likeness (QED) is 0.618. The van der Waals surface area contributed by atoms with Crippen LogP contribution in [0.1, 0.15) is 0 Å². The van der Waals surface area contributed by atoms with Gasteiger partial charge in [-0.25, -0.2) is 0 Å². The summed E-state index contributed by atoms with van der Waals surface area (Å²) in [5.41, 5.74) is 2.44. The molecule has 0 unspecified atom stereocenters. The van der Waals surface area contributed by atoms with E-state index in [1.165, 1.54) is 21.1 Å². The Morgan fingerprint density at radius 1 is 1.15 bits per heavy atom. The Morgan fingerprint density at radius 2 is 2.08 bits per heavy atom. The van der Waals surface area contributed by atoms with Gasteiger partial charge in [0.15, 0.2) is 0 Å². The molecule has 3 rings (SSSR count). The fraction of sp³-hybridized carbons (Fsp3) is 0. The Kier molecular flexibility index (Phi) is 1.51. The lowest BCUT2D eigenvalue weighted by atomic mass is 10.2. The van der Waals surface area contributed by atoms with Crippen molar-refractivity contribution in [2.24, 2.45) is 0 Å². The van der Waals surface area contributed by atoms with Crippen molar-refractivity contribution in [1.29, 1.82) is 0 Å². The second kappa shape index (κ2) is 2.59. The summed E-state index contributed by atoms with van der Waals surface area (Å²) in [6, 6.07) is 8.46. The zero-order valence-corrected chi connectivity index (χ0v) is 9.08. The fourth-order valence-corrected chi connectivity index (χ4v) is 2.83. The third kappa shape index (κ3) is 1.04. The normalized spacial score (nSPS) is 11.5. The minimum absolute atomic E-state index is 1.12. The second-order valence-corrected chi connectivity index (χ2v) is 4.81. The Balaban J connectivity index is 2.59. The fourth-order valence-electron chi connectivity index (χ4n) is 1.58. The average molecular weight is 252 g/mol. The zero-order chi connectivity index (χ0) is 8.84. The van der Waals surface area contributed by atoms with Crippen molar-refractivity contribution in [2.45, 2.75) is 0 Å². The minimum atomic E-state index is 1.12. The summed E-state index contributed by atoms with van der Waals surface area (Å²) in [6.07, 6.45) is 0. The van der Waals surface area contributed by atoms with Crippen LogP contribution in [-0.4, -0.2) is 4.98 Å². The number of thiophene rings is 1. The van der Waals surface area contributed by atoms with E-state index in [1.54, 1.807) is 11.3 Å². The second-order valence-electron chi connectivity index (χ2n) is 2.98. The number of H-pyrrole nitrogens is 1. The van der Waals surface area contributed by atoms with E-state index in [0.29, 0.717) is 0 Å². The zero-order valence-electron chi connectivity index (χ0n) is 6.67. The van der Waals surface area contributed by atoms with Gasteiger partial charge in [0.25, 0.3) is 0 Å². The molecule has 3 aromatic rings. The third-order valence-corrected chi connectivity index (χ3v) is 3.60. The summed E-state index contributed by atoms with van der Waals surface area (Å²) < 4.78 is 2.47. The number of aromatic amines is 1. The van der Waals surface area contributed by atoms with Crippen LogP contribution in [0.2, 0.25) is 0 Å². The lowest BCUT2D eigenvalue weighted by Gasteiger charge is -1.90. The molecule has 2 aromatic heterocycles. The van der Waals surface area contributed by atoms with E-state index in [-0.39, 0.29) is 0 Å². The van der Waals surface area contributed by atoms with Crippen molar-refractivity contribution in [2.75, 3.05) is 0 Å². The molecule has 0 saturated carbocycles. The van der Waals surface area contributed by atoms with Crippen LogP contribution >= 0.6 is 27.3 Å². The molecule has 1 aromatic carbocycles. The summed E-state index contributed by atoms with van der Waals surface area (Å²) in [7, 11) is 0. The highest BCUT2D eigenvalue weighted by Gasteiger charge is 2.04. The topological polar surface area (TPSA) is 15.8 Å². The van der Waals surface area contributed by atoms with Crippen molar-refractivity contribution in [3.63, 3.8) is 0 Å². The van der Waals surface area contributed by atoms with Gasteiger partial charge in [0.2, 0.25) is 0 Å². The van der Waals surface area contributed by atoms with Gasteiger partial charge < -0.3 is 4.98 Å². The Labute approximate surface area is 87.5 Å². The van der Waals surface area contributed by atoms with Crippen LogP contribution in [0.4, 0.5) is 0 Å². The number of fused-ring (bicyclic) bond motifs is 3. The molecular weight excluding hydrogens is 246 g/mol. The van der Waals surface area contributed by atoms with Gasteiger partial charge in [-0.15, -0.1) is 11.3 Å². The van der Waals surface area contributed by atoms with Gasteiger partial charge in [-0.1, -0.05) is 22.0 Å². The highest BCUT2D eigenvalue weighted by molar-refractivity contribution is 9.10. The van der Waals surface area contributed by atoms with E-state index in [1.807, 2.05) is 0 Å². The monoisotopic (exact) mass is 251 g/mol. The van der Waals surface area contributed by atoms with Crippen molar-refractivity contribution >= 4 is 48.4 Å². The maximum atomic E-state index is 3.46. The van der Waals surface area contributed by atoms with E-state index in [9.17, 15) is 0 Å². The predicted molar refractivity (Wildman–Crippen MR) is 61.4 cm³/mol. The van der Waals surface area contributed by atoms with Crippen LogP contribution in [0, 0.1) is 0 Å². The van der Waals surface area contributed by atoms with Gasteiger partial charge in [-0.3, -0.25) is 0 Å². The summed E-state index contributed by atoms with van der Waals surface area (Å²) in [6.45, 7) is 0. The summed E-state index contributed by atoms with van der Waals surface area (Å²) in [5.74, 6) is 0. The standard InChI is InChI=1S/C10H6BrNS/c11-6-1-2-7-9(5-6)12-8-3-4-13-10(7)8/h1-5,12H. The van der Waals surface area contributed by atoms with Crippen LogP contribution in [0.15, 0.2) is 34.1 Å². The van der Waals surface area contributed by atoms with E-state index in [0.717, 1.165) is 4.47 Å². The molecule has 1 N–H and O–H groups in total. The SMILES string of the molecule is Brc1ccc2c(c1)[nH]c1ccsc12. The molecule has 0 radical (unpaired) electrons. The molecule has 64 valence electrons. The minimum Gasteiger partial charge on any atom is -0.354 e. The molecule has 0 saturated heterocycles. The van der Waals surface area contributed by atoms with Gasteiger partial charge in [0.1, 0.15) is 0 Å². The highest BCUT2D eigenvalue weighted by atomic mass is 79.9. The lowest BCUT2D eigenvalue weighted by molar-refractivity contribution is 1.55. The molecule has 0 aliphatic carbocycles. The van der Waals surface area contributed by atoms with Gasteiger partial charge in [-0.2, -0.15) is 0 Å². The highest BCUT2D eigenvalue weighted by Crippen LogP contribution is 2.31. The van der Waals surface area contributed by atoms with Crippen LogP contribution in [0.5, 0.6) is 0 Å². The maximum Gasteiger partial charge on any atom is 0.0598 e. The molecule has 0 atom stereocenters. The first-order valence-electron chi connectivity index (χ1n) is 3.99. The van der Waals surface area contributed by atoms with E-state index in [2.05, 4.69) is 50.6 Å². The lowest BCUT2D eigenvalue weighted by Crippen LogP contribution is -1.67. The molecule has 0 spiro atoms. The van der Waals surface area contributed by atoms with E-state index < -0.39 is 0 Å². The van der Waals surface area contributed by atoms with Gasteiger partial charge >= 0.3 is 0 Å². The maximum absolute atomic E-state index is 3.46. The number of rotatable bonds is 0. The molecule has 3 heteroatoms. The van der Waals surface area contributed by atoms with Gasteiger partial charge in [0, 0.05) is 15.4 Å². The summed E-state index contributed by atoms with van der Waals surface area (Å²) in [5, 5.41) is 3.43. The first-order chi connectivity index (χ1) is 6.34. The van der Waals surface area contributed by atoms with Crippen LogP contribution in [0.25, 0.3) is 21.1 Å². The van der Waals surface area contributed by atoms with Crippen molar-refractivity contribution in [3.05, 3.63) is 34.1 Å².